The van der Waals surface area contributed by atoms with Crippen molar-refractivity contribution in [1.29, 1.82) is 0 Å². The van der Waals surface area contributed by atoms with E-state index >= 15 is 0 Å². The van der Waals surface area contributed by atoms with E-state index in [2.05, 4.69) is 5.32 Å². The summed E-state index contributed by atoms with van der Waals surface area (Å²) >= 11 is 0. The van der Waals surface area contributed by atoms with E-state index in [0.29, 0.717) is 19.6 Å². The fourth-order valence-corrected chi connectivity index (χ4v) is 1.95. The highest BCUT2D eigenvalue weighted by atomic mass is 16.6. The van der Waals surface area contributed by atoms with Crippen molar-refractivity contribution in [2.24, 2.45) is 0 Å². The summed E-state index contributed by atoms with van der Waals surface area (Å²) in [6.45, 7) is 0.820. The number of nitrogens with zero attached hydrogens (tertiary/aromatic N) is 1. The minimum Gasteiger partial charge on any atom is -0.480 e. The standard InChI is InChI=1S/C12H14N2O5/c15-12(16)11-5-10(6-13-11)19-7-8-1-3-9(4-2-8)14(17)18/h1-4,10-11,13H,5-7H2,(H,15,16). The van der Waals surface area contributed by atoms with Gasteiger partial charge in [-0.25, -0.2) is 0 Å². The van der Waals surface area contributed by atoms with E-state index in [-0.39, 0.29) is 11.8 Å². The molecule has 1 aliphatic heterocycles. The van der Waals surface area contributed by atoms with Crippen LogP contribution in [0.2, 0.25) is 0 Å². The summed E-state index contributed by atoms with van der Waals surface area (Å²) in [5.41, 5.74) is 0.863. The van der Waals surface area contributed by atoms with Gasteiger partial charge in [-0.1, -0.05) is 0 Å². The number of benzene rings is 1. The van der Waals surface area contributed by atoms with Crippen molar-refractivity contribution in [3.63, 3.8) is 0 Å². The molecule has 1 saturated heterocycles. The van der Waals surface area contributed by atoms with Crippen LogP contribution in [0.3, 0.4) is 0 Å². The number of hydrogen-bond donors (Lipinski definition) is 2. The molecule has 2 N–H and O–H groups in total. The first-order chi connectivity index (χ1) is 9.06. The van der Waals surface area contributed by atoms with Crippen LogP contribution in [0.4, 0.5) is 5.69 Å². The molecule has 1 aromatic carbocycles. The lowest BCUT2D eigenvalue weighted by atomic mass is 10.2. The quantitative estimate of drug-likeness (QED) is 0.607. The first-order valence-electron chi connectivity index (χ1n) is 5.87. The Morgan fingerprint density at radius 3 is 2.68 bits per heavy atom. The van der Waals surface area contributed by atoms with Gasteiger partial charge in [0.15, 0.2) is 0 Å². The Balaban J connectivity index is 1.83. The first-order valence-corrected chi connectivity index (χ1v) is 5.87. The second kappa shape index (κ2) is 5.77. The number of carboxylic acid groups (broad SMARTS) is 1. The predicted octanol–water partition coefficient (Wildman–Crippen LogP) is 0.926. The number of carboxylic acids is 1. The summed E-state index contributed by atoms with van der Waals surface area (Å²) in [4.78, 5) is 20.8. The maximum atomic E-state index is 10.7. The second-order valence-electron chi connectivity index (χ2n) is 4.39. The summed E-state index contributed by atoms with van der Waals surface area (Å²) in [6, 6.07) is 5.56. The van der Waals surface area contributed by atoms with Crippen molar-refractivity contribution in [3.05, 3.63) is 39.9 Å². The molecule has 2 atom stereocenters. The molecule has 7 nitrogen and oxygen atoms in total. The van der Waals surface area contributed by atoms with Crippen LogP contribution in [0.15, 0.2) is 24.3 Å². The first kappa shape index (κ1) is 13.4. The average molecular weight is 266 g/mol. The smallest absolute Gasteiger partial charge is 0.320 e. The van der Waals surface area contributed by atoms with E-state index < -0.39 is 16.9 Å². The number of carbonyl (C=O) groups is 1. The van der Waals surface area contributed by atoms with Gasteiger partial charge < -0.3 is 15.2 Å². The fourth-order valence-electron chi connectivity index (χ4n) is 1.95. The SMILES string of the molecule is O=C(O)C1CC(OCc2ccc([N+](=O)[O-])cc2)CN1. The van der Waals surface area contributed by atoms with Gasteiger partial charge in [-0.05, 0) is 17.7 Å². The van der Waals surface area contributed by atoms with E-state index in [1.54, 1.807) is 12.1 Å². The van der Waals surface area contributed by atoms with Crippen molar-refractivity contribution < 1.29 is 19.6 Å². The van der Waals surface area contributed by atoms with Gasteiger partial charge in [-0.3, -0.25) is 14.9 Å². The zero-order valence-electron chi connectivity index (χ0n) is 10.1. The molecule has 0 aromatic heterocycles. The summed E-state index contributed by atoms with van der Waals surface area (Å²) < 4.78 is 5.57. The topological polar surface area (TPSA) is 102 Å². The minimum absolute atomic E-state index is 0.0391. The molecule has 19 heavy (non-hydrogen) atoms. The highest BCUT2D eigenvalue weighted by Crippen LogP contribution is 2.16. The van der Waals surface area contributed by atoms with Crippen LogP contribution in [0.5, 0.6) is 0 Å². The fraction of sp³-hybridized carbons (Fsp3) is 0.417. The Labute approximate surface area is 109 Å². The van der Waals surface area contributed by atoms with E-state index in [1.807, 2.05) is 0 Å². The second-order valence-corrected chi connectivity index (χ2v) is 4.39. The molecular formula is C12H14N2O5. The molecule has 0 amide bonds. The predicted molar refractivity (Wildman–Crippen MR) is 65.7 cm³/mol. The molecule has 0 bridgehead atoms. The van der Waals surface area contributed by atoms with Crippen LogP contribution in [0, 0.1) is 10.1 Å². The molecule has 1 fully saturated rings. The maximum Gasteiger partial charge on any atom is 0.320 e. The third-order valence-electron chi connectivity index (χ3n) is 3.02. The number of non-ortho nitro benzene ring substituents is 1. The van der Waals surface area contributed by atoms with Crippen molar-refractivity contribution in [2.45, 2.75) is 25.2 Å². The van der Waals surface area contributed by atoms with Crippen LogP contribution in [-0.4, -0.2) is 34.7 Å². The monoisotopic (exact) mass is 266 g/mol. The van der Waals surface area contributed by atoms with Crippen LogP contribution >= 0.6 is 0 Å². The zero-order valence-corrected chi connectivity index (χ0v) is 10.1. The van der Waals surface area contributed by atoms with Gasteiger partial charge in [0.05, 0.1) is 17.6 Å². The summed E-state index contributed by atoms with van der Waals surface area (Å²) in [5, 5.41) is 22.2. The van der Waals surface area contributed by atoms with E-state index in [9.17, 15) is 14.9 Å². The number of aliphatic carboxylic acids is 1. The number of nitrogens with one attached hydrogen (secondary N) is 1. The lowest BCUT2D eigenvalue weighted by Crippen LogP contribution is -2.29. The molecule has 0 saturated carbocycles. The Kier molecular flexibility index (Phi) is 4.08. The van der Waals surface area contributed by atoms with Gasteiger partial charge in [0.2, 0.25) is 0 Å². The van der Waals surface area contributed by atoms with Gasteiger partial charge in [-0.2, -0.15) is 0 Å². The van der Waals surface area contributed by atoms with Gasteiger partial charge in [-0.15, -0.1) is 0 Å². The zero-order chi connectivity index (χ0) is 13.8. The molecule has 0 aliphatic carbocycles. The number of nitro benzene ring substituents is 1. The highest BCUT2D eigenvalue weighted by molar-refractivity contribution is 5.73. The van der Waals surface area contributed by atoms with Gasteiger partial charge in [0, 0.05) is 25.1 Å². The normalized spacial score (nSPS) is 22.3. The molecule has 0 radical (unpaired) electrons. The van der Waals surface area contributed by atoms with Crippen molar-refractivity contribution >= 4 is 11.7 Å². The molecule has 1 aromatic rings. The van der Waals surface area contributed by atoms with E-state index in [4.69, 9.17) is 9.84 Å². The minimum atomic E-state index is -0.874. The molecule has 7 heteroatoms. The Morgan fingerprint density at radius 2 is 2.16 bits per heavy atom. The Hall–Kier alpha value is -1.99. The summed E-state index contributed by atoms with van der Waals surface area (Å²) in [6.07, 6.45) is 0.291. The van der Waals surface area contributed by atoms with E-state index in [1.165, 1.54) is 12.1 Å². The van der Waals surface area contributed by atoms with Crippen molar-refractivity contribution in [3.8, 4) is 0 Å². The van der Waals surface area contributed by atoms with Crippen LogP contribution in [0.25, 0.3) is 0 Å². The van der Waals surface area contributed by atoms with Gasteiger partial charge in [0.1, 0.15) is 6.04 Å². The third kappa shape index (κ3) is 3.49. The van der Waals surface area contributed by atoms with Crippen molar-refractivity contribution in [1.82, 2.24) is 5.32 Å². The number of ether oxygens (including phenoxy) is 1. The summed E-state index contributed by atoms with van der Waals surface area (Å²) in [5.74, 6) is -0.874. The third-order valence-corrected chi connectivity index (χ3v) is 3.02. The largest absolute Gasteiger partial charge is 0.480 e. The molecule has 0 spiro atoms. The molecule has 2 rings (SSSR count). The van der Waals surface area contributed by atoms with Crippen LogP contribution in [-0.2, 0) is 16.1 Å². The number of rotatable bonds is 5. The molecule has 1 aliphatic rings. The maximum absolute atomic E-state index is 10.7. The van der Waals surface area contributed by atoms with Crippen LogP contribution < -0.4 is 5.32 Å². The number of hydrogen-bond acceptors (Lipinski definition) is 5. The summed E-state index contributed by atoms with van der Waals surface area (Å²) in [7, 11) is 0. The molecular weight excluding hydrogens is 252 g/mol. The lowest BCUT2D eigenvalue weighted by Gasteiger charge is -2.10. The van der Waals surface area contributed by atoms with E-state index in [0.717, 1.165) is 5.56 Å². The molecule has 102 valence electrons. The molecule has 2 unspecified atom stereocenters. The van der Waals surface area contributed by atoms with Crippen LogP contribution in [0.1, 0.15) is 12.0 Å². The number of nitro groups is 1. The Bertz CT molecular complexity index is 474. The Morgan fingerprint density at radius 1 is 1.47 bits per heavy atom. The van der Waals surface area contributed by atoms with Gasteiger partial charge in [0.25, 0.3) is 5.69 Å². The molecule has 1 heterocycles. The van der Waals surface area contributed by atoms with Gasteiger partial charge >= 0.3 is 5.97 Å². The average Bonchev–Trinajstić information content (AvgIpc) is 2.86. The highest BCUT2D eigenvalue weighted by Gasteiger charge is 2.29. The van der Waals surface area contributed by atoms with Crippen molar-refractivity contribution in [2.75, 3.05) is 6.54 Å². The lowest BCUT2D eigenvalue weighted by molar-refractivity contribution is -0.384.